The molecule has 1 unspecified atom stereocenters. The van der Waals surface area contributed by atoms with Crippen LogP contribution < -0.4 is 0 Å². The third kappa shape index (κ3) is 16.0. The highest BCUT2D eigenvalue weighted by Crippen LogP contribution is 2.11. The van der Waals surface area contributed by atoms with E-state index in [2.05, 4.69) is 24.0 Å². The highest BCUT2D eigenvalue weighted by atomic mass is 17.1. The number of aliphatic hydroxyl groups excluding tert-OH is 1. The highest BCUT2D eigenvalue weighted by molar-refractivity contribution is 5.73. The molecule has 0 aromatic carbocycles. The van der Waals surface area contributed by atoms with Gasteiger partial charge in [-0.15, -0.1) is 0 Å². The van der Waals surface area contributed by atoms with Crippen LogP contribution in [-0.4, -0.2) is 22.4 Å². The SMILES string of the molecule is CCCCCCCCC=CCCCCCCCCC(O)C(=O)OO. The lowest BCUT2D eigenvalue weighted by molar-refractivity contribution is -0.242. The van der Waals surface area contributed by atoms with E-state index in [9.17, 15) is 9.90 Å². The molecule has 0 aliphatic carbocycles. The van der Waals surface area contributed by atoms with Gasteiger partial charge >= 0.3 is 5.97 Å². The zero-order chi connectivity index (χ0) is 17.9. The Bertz CT molecular complexity index is 302. The van der Waals surface area contributed by atoms with Crippen molar-refractivity contribution in [2.45, 2.75) is 109 Å². The van der Waals surface area contributed by atoms with Crippen molar-refractivity contribution < 1.29 is 20.0 Å². The summed E-state index contributed by atoms with van der Waals surface area (Å²) < 4.78 is 0. The van der Waals surface area contributed by atoms with Gasteiger partial charge in [-0.1, -0.05) is 83.3 Å². The normalized spacial score (nSPS) is 12.6. The fourth-order valence-corrected chi connectivity index (χ4v) is 2.76. The number of aliphatic hydroxyl groups is 1. The first-order valence-electron chi connectivity index (χ1n) is 9.90. The molecule has 0 heterocycles. The average Bonchev–Trinajstić information content (AvgIpc) is 2.60. The van der Waals surface area contributed by atoms with Crippen LogP contribution in [-0.2, 0) is 9.68 Å². The van der Waals surface area contributed by atoms with Crippen molar-refractivity contribution in [1.29, 1.82) is 0 Å². The lowest BCUT2D eigenvalue weighted by Gasteiger charge is -2.06. The molecule has 1 atom stereocenters. The van der Waals surface area contributed by atoms with Crippen molar-refractivity contribution in [3.8, 4) is 0 Å². The van der Waals surface area contributed by atoms with Crippen molar-refractivity contribution in [1.82, 2.24) is 0 Å². The van der Waals surface area contributed by atoms with Gasteiger partial charge in [0.05, 0.1) is 0 Å². The largest absolute Gasteiger partial charge is 0.381 e. The molecule has 0 spiro atoms. The van der Waals surface area contributed by atoms with E-state index in [0.29, 0.717) is 6.42 Å². The van der Waals surface area contributed by atoms with E-state index in [1.165, 1.54) is 70.6 Å². The van der Waals surface area contributed by atoms with Gasteiger partial charge in [0.1, 0.15) is 0 Å². The predicted molar refractivity (Wildman–Crippen MR) is 98.8 cm³/mol. The van der Waals surface area contributed by atoms with Gasteiger partial charge in [-0.2, -0.15) is 5.26 Å². The molecule has 0 rings (SSSR count). The van der Waals surface area contributed by atoms with Gasteiger partial charge in [0.15, 0.2) is 6.10 Å². The molecule has 4 heteroatoms. The van der Waals surface area contributed by atoms with Crippen molar-refractivity contribution in [3.05, 3.63) is 12.2 Å². The second-order valence-corrected chi connectivity index (χ2v) is 6.65. The first-order chi connectivity index (χ1) is 11.7. The lowest BCUT2D eigenvalue weighted by atomic mass is 10.1. The zero-order valence-electron chi connectivity index (χ0n) is 15.5. The number of hydrogen-bond donors (Lipinski definition) is 2. The fourth-order valence-electron chi connectivity index (χ4n) is 2.76. The molecule has 0 aliphatic rings. The molecule has 24 heavy (non-hydrogen) atoms. The van der Waals surface area contributed by atoms with E-state index < -0.39 is 12.1 Å². The van der Waals surface area contributed by atoms with Gasteiger partial charge in [-0.05, 0) is 32.1 Å². The Labute approximate surface area is 148 Å². The topological polar surface area (TPSA) is 66.8 Å². The van der Waals surface area contributed by atoms with Crippen molar-refractivity contribution in [2.24, 2.45) is 0 Å². The van der Waals surface area contributed by atoms with Crippen LogP contribution in [0.4, 0.5) is 0 Å². The van der Waals surface area contributed by atoms with Crippen molar-refractivity contribution >= 4 is 5.97 Å². The Morgan fingerprint density at radius 2 is 1.29 bits per heavy atom. The lowest BCUT2D eigenvalue weighted by Crippen LogP contribution is -2.21. The summed E-state index contributed by atoms with van der Waals surface area (Å²) in [6.07, 6.45) is 21.0. The van der Waals surface area contributed by atoms with Gasteiger partial charge in [-0.3, -0.25) is 4.89 Å². The standard InChI is InChI=1S/C20H38O4/c1-2-3-4-5-6-7-8-9-10-11-12-13-14-15-16-17-18-19(21)20(22)24-23/h9-10,19,21,23H,2-8,11-18H2,1H3. The number of carbonyl (C=O) groups is 1. The monoisotopic (exact) mass is 342 g/mol. The van der Waals surface area contributed by atoms with E-state index >= 15 is 0 Å². The third-order valence-corrected chi connectivity index (χ3v) is 4.35. The summed E-state index contributed by atoms with van der Waals surface area (Å²) in [5.41, 5.74) is 0. The van der Waals surface area contributed by atoms with Gasteiger partial charge < -0.3 is 5.11 Å². The molecule has 2 N–H and O–H groups in total. The van der Waals surface area contributed by atoms with Crippen LogP contribution >= 0.6 is 0 Å². The van der Waals surface area contributed by atoms with E-state index in [-0.39, 0.29) is 0 Å². The molecule has 0 saturated carbocycles. The summed E-state index contributed by atoms with van der Waals surface area (Å²) in [5, 5.41) is 17.4. The Morgan fingerprint density at radius 1 is 0.833 bits per heavy atom. The summed E-state index contributed by atoms with van der Waals surface area (Å²) in [6, 6.07) is 0. The van der Waals surface area contributed by atoms with Crippen LogP contribution in [0.15, 0.2) is 12.2 Å². The number of carbonyl (C=O) groups excluding carboxylic acids is 1. The van der Waals surface area contributed by atoms with E-state index in [4.69, 9.17) is 5.26 Å². The molecule has 0 aromatic rings. The first kappa shape index (κ1) is 23.1. The van der Waals surface area contributed by atoms with Crippen LogP contribution in [0.1, 0.15) is 103 Å². The Morgan fingerprint density at radius 3 is 1.79 bits per heavy atom. The molecule has 0 radical (unpaired) electrons. The summed E-state index contributed by atoms with van der Waals surface area (Å²) in [4.78, 5) is 14.3. The summed E-state index contributed by atoms with van der Waals surface area (Å²) in [6.45, 7) is 2.25. The predicted octanol–water partition coefficient (Wildman–Crippen LogP) is 5.79. The van der Waals surface area contributed by atoms with Crippen LogP contribution in [0, 0.1) is 0 Å². The second-order valence-electron chi connectivity index (χ2n) is 6.65. The van der Waals surface area contributed by atoms with Crippen molar-refractivity contribution in [3.63, 3.8) is 0 Å². The Balaban J connectivity index is 3.19. The van der Waals surface area contributed by atoms with Gasteiger partial charge in [-0.25, -0.2) is 4.79 Å². The highest BCUT2D eigenvalue weighted by Gasteiger charge is 2.15. The van der Waals surface area contributed by atoms with E-state index in [1.807, 2.05) is 0 Å². The fraction of sp³-hybridized carbons (Fsp3) is 0.850. The van der Waals surface area contributed by atoms with E-state index in [0.717, 1.165) is 19.3 Å². The average molecular weight is 343 g/mol. The van der Waals surface area contributed by atoms with Crippen molar-refractivity contribution in [2.75, 3.05) is 0 Å². The molecule has 0 aromatic heterocycles. The molecular formula is C20H38O4. The third-order valence-electron chi connectivity index (χ3n) is 4.35. The van der Waals surface area contributed by atoms with Gasteiger partial charge in [0.25, 0.3) is 0 Å². The molecule has 0 saturated heterocycles. The minimum absolute atomic E-state index is 0.362. The zero-order valence-corrected chi connectivity index (χ0v) is 15.5. The quantitative estimate of drug-likeness (QED) is 0.152. The number of unbranched alkanes of at least 4 members (excludes halogenated alkanes) is 12. The summed E-state index contributed by atoms with van der Waals surface area (Å²) in [5.74, 6) is -0.956. The Hall–Kier alpha value is -0.870. The summed E-state index contributed by atoms with van der Waals surface area (Å²) >= 11 is 0. The van der Waals surface area contributed by atoms with Crippen LogP contribution in [0.2, 0.25) is 0 Å². The number of rotatable bonds is 17. The molecule has 4 nitrogen and oxygen atoms in total. The van der Waals surface area contributed by atoms with Gasteiger partial charge in [0.2, 0.25) is 0 Å². The maximum atomic E-state index is 10.8. The maximum absolute atomic E-state index is 10.8. The summed E-state index contributed by atoms with van der Waals surface area (Å²) in [7, 11) is 0. The van der Waals surface area contributed by atoms with E-state index in [1.54, 1.807) is 0 Å². The first-order valence-corrected chi connectivity index (χ1v) is 9.90. The molecular weight excluding hydrogens is 304 g/mol. The van der Waals surface area contributed by atoms with Gasteiger partial charge in [0, 0.05) is 0 Å². The maximum Gasteiger partial charge on any atom is 0.370 e. The number of allylic oxidation sites excluding steroid dienone is 2. The van der Waals surface area contributed by atoms with Crippen LogP contribution in [0.5, 0.6) is 0 Å². The Kier molecular flexibility index (Phi) is 17.8. The molecule has 0 aliphatic heterocycles. The molecule has 142 valence electrons. The second kappa shape index (κ2) is 18.5. The smallest absolute Gasteiger partial charge is 0.370 e. The minimum Gasteiger partial charge on any atom is -0.381 e. The van der Waals surface area contributed by atoms with Crippen LogP contribution in [0.3, 0.4) is 0 Å². The number of hydrogen-bond acceptors (Lipinski definition) is 4. The molecule has 0 fully saturated rings. The van der Waals surface area contributed by atoms with Crippen LogP contribution in [0.25, 0.3) is 0 Å². The molecule has 0 amide bonds. The molecule has 0 bridgehead atoms. The minimum atomic E-state index is -1.19.